The molecule has 1 saturated carbocycles. The Hall–Kier alpha value is -2.73. The standard InChI is InChI=1S/C31H33Cl3N2O3/c32-24-13-15-26(16-14-24)39-18-6-11-30(37)36(21-23-12-17-27(33)28(34)19-23)29(20-22-7-2-1-3-8-22)31(38)35-25-9-4-5-10-25/h1-3,7-8,12-17,19,25,29H,4-6,9-11,18,20-21H2,(H,35,38)/t29-/m1/s1. The maximum atomic E-state index is 13.7. The summed E-state index contributed by atoms with van der Waals surface area (Å²) in [6.07, 6.45) is 5.28. The average molecular weight is 588 g/mol. The van der Waals surface area contributed by atoms with Crippen molar-refractivity contribution in [2.24, 2.45) is 0 Å². The number of nitrogens with zero attached hydrogens (tertiary/aromatic N) is 1. The van der Waals surface area contributed by atoms with Gasteiger partial charge in [0.25, 0.3) is 0 Å². The first-order chi connectivity index (χ1) is 18.9. The summed E-state index contributed by atoms with van der Waals surface area (Å²) in [5, 5.41) is 4.71. The molecule has 1 atom stereocenters. The van der Waals surface area contributed by atoms with Crippen LogP contribution in [0.25, 0.3) is 0 Å². The Balaban J connectivity index is 1.53. The monoisotopic (exact) mass is 586 g/mol. The summed E-state index contributed by atoms with van der Waals surface area (Å²) in [7, 11) is 0. The van der Waals surface area contributed by atoms with Crippen molar-refractivity contribution in [3.63, 3.8) is 0 Å². The van der Waals surface area contributed by atoms with Crippen molar-refractivity contribution in [1.29, 1.82) is 0 Å². The van der Waals surface area contributed by atoms with Gasteiger partial charge in [-0.3, -0.25) is 9.59 Å². The third-order valence-corrected chi connectivity index (χ3v) is 7.92. The first-order valence-corrected chi connectivity index (χ1v) is 14.5. The molecule has 0 heterocycles. The lowest BCUT2D eigenvalue weighted by Crippen LogP contribution is -2.52. The SMILES string of the molecule is O=C(NC1CCCC1)[C@@H](Cc1ccccc1)N(Cc1ccc(Cl)c(Cl)c1)C(=O)CCCOc1ccc(Cl)cc1. The van der Waals surface area contributed by atoms with Gasteiger partial charge in [0.15, 0.2) is 0 Å². The van der Waals surface area contributed by atoms with Crippen LogP contribution < -0.4 is 10.1 Å². The lowest BCUT2D eigenvalue weighted by Gasteiger charge is -2.32. The highest BCUT2D eigenvalue weighted by Gasteiger charge is 2.32. The van der Waals surface area contributed by atoms with Gasteiger partial charge in [-0.15, -0.1) is 0 Å². The van der Waals surface area contributed by atoms with Crippen LogP contribution in [0, 0.1) is 0 Å². The van der Waals surface area contributed by atoms with Crippen molar-refractivity contribution in [1.82, 2.24) is 10.2 Å². The Kier molecular flexibility index (Phi) is 11.0. The third-order valence-electron chi connectivity index (χ3n) is 6.93. The second-order valence-corrected chi connectivity index (χ2v) is 11.1. The largest absolute Gasteiger partial charge is 0.494 e. The average Bonchev–Trinajstić information content (AvgIpc) is 3.45. The molecule has 0 bridgehead atoms. The maximum absolute atomic E-state index is 13.7. The van der Waals surface area contributed by atoms with Gasteiger partial charge in [-0.05, 0) is 66.8 Å². The summed E-state index contributed by atoms with van der Waals surface area (Å²) >= 11 is 18.4. The zero-order chi connectivity index (χ0) is 27.6. The van der Waals surface area contributed by atoms with Gasteiger partial charge in [-0.2, -0.15) is 0 Å². The van der Waals surface area contributed by atoms with Crippen molar-refractivity contribution < 1.29 is 14.3 Å². The van der Waals surface area contributed by atoms with Crippen LogP contribution in [0.2, 0.25) is 15.1 Å². The minimum Gasteiger partial charge on any atom is -0.494 e. The highest BCUT2D eigenvalue weighted by Crippen LogP contribution is 2.25. The van der Waals surface area contributed by atoms with E-state index in [4.69, 9.17) is 39.5 Å². The van der Waals surface area contributed by atoms with Crippen molar-refractivity contribution in [3.8, 4) is 5.75 Å². The second-order valence-electron chi connectivity index (χ2n) is 9.87. The molecule has 2 amide bonds. The summed E-state index contributed by atoms with van der Waals surface area (Å²) in [6.45, 7) is 0.606. The lowest BCUT2D eigenvalue weighted by atomic mass is 10.0. The van der Waals surface area contributed by atoms with Crippen LogP contribution in [0.4, 0.5) is 0 Å². The summed E-state index contributed by atoms with van der Waals surface area (Å²) in [5.74, 6) is 0.442. The number of carbonyl (C=O) groups is 2. The van der Waals surface area contributed by atoms with Crippen molar-refractivity contribution >= 4 is 46.6 Å². The van der Waals surface area contributed by atoms with Crippen LogP contribution in [-0.4, -0.2) is 35.4 Å². The fraction of sp³-hybridized carbons (Fsp3) is 0.355. The van der Waals surface area contributed by atoms with Gasteiger partial charge in [-0.1, -0.05) is 84.0 Å². The van der Waals surface area contributed by atoms with E-state index in [-0.39, 0.29) is 30.8 Å². The number of carbonyl (C=O) groups excluding carboxylic acids is 2. The molecule has 1 aliphatic carbocycles. The number of amides is 2. The van der Waals surface area contributed by atoms with E-state index < -0.39 is 6.04 Å². The van der Waals surface area contributed by atoms with Crippen molar-refractivity contribution in [2.45, 2.75) is 63.6 Å². The van der Waals surface area contributed by atoms with Gasteiger partial charge in [-0.25, -0.2) is 0 Å². The van der Waals surface area contributed by atoms with Gasteiger partial charge in [0.2, 0.25) is 11.8 Å². The van der Waals surface area contributed by atoms with Crippen molar-refractivity contribution in [3.05, 3.63) is 99.0 Å². The smallest absolute Gasteiger partial charge is 0.243 e. The zero-order valence-corrected chi connectivity index (χ0v) is 24.0. The highest BCUT2D eigenvalue weighted by molar-refractivity contribution is 6.42. The Labute approximate surface area is 245 Å². The van der Waals surface area contributed by atoms with E-state index in [1.54, 1.807) is 41.3 Å². The number of hydrogen-bond acceptors (Lipinski definition) is 3. The molecular weight excluding hydrogens is 555 g/mol. The summed E-state index contributed by atoms with van der Waals surface area (Å²) in [5.41, 5.74) is 1.80. The van der Waals surface area contributed by atoms with Gasteiger partial charge in [0.05, 0.1) is 16.7 Å². The fourth-order valence-corrected chi connectivity index (χ4v) is 5.29. The molecule has 39 heavy (non-hydrogen) atoms. The maximum Gasteiger partial charge on any atom is 0.243 e. The van der Waals surface area contributed by atoms with Gasteiger partial charge in [0.1, 0.15) is 11.8 Å². The van der Waals surface area contributed by atoms with E-state index in [1.807, 2.05) is 36.4 Å². The van der Waals surface area contributed by atoms with E-state index in [2.05, 4.69) is 5.32 Å². The number of benzene rings is 3. The number of hydrogen-bond donors (Lipinski definition) is 1. The Morgan fingerprint density at radius 3 is 2.31 bits per heavy atom. The molecule has 3 aromatic rings. The minimum atomic E-state index is -0.674. The molecule has 0 unspecified atom stereocenters. The molecule has 8 heteroatoms. The molecule has 1 aliphatic rings. The Bertz CT molecular complexity index is 1230. The van der Waals surface area contributed by atoms with Crippen LogP contribution in [0.3, 0.4) is 0 Å². The Morgan fingerprint density at radius 1 is 0.897 bits per heavy atom. The molecule has 3 aromatic carbocycles. The van der Waals surface area contributed by atoms with Crippen LogP contribution in [0.5, 0.6) is 5.75 Å². The number of rotatable bonds is 12. The third kappa shape index (κ3) is 8.89. The predicted octanol–water partition coefficient (Wildman–Crippen LogP) is 7.50. The van der Waals surface area contributed by atoms with Crippen LogP contribution in [-0.2, 0) is 22.6 Å². The molecule has 1 N–H and O–H groups in total. The molecule has 0 aromatic heterocycles. The molecule has 4 rings (SSSR count). The highest BCUT2D eigenvalue weighted by atomic mass is 35.5. The number of halogens is 3. The van der Waals surface area contributed by atoms with Gasteiger partial charge in [0, 0.05) is 30.5 Å². The van der Waals surface area contributed by atoms with E-state index >= 15 is 0 Å². The predicted molar refractivity (Wildman–Crippen MR) is 158 cm³/mol. The van der Waals surface area contributed by atoms with E-state index in [0.29, 0.717) is 40.3 Å². The number of ether oxygens (including phenoxy) is 1. The van der Waals surface area contributed by atoms with Crippen LogP contribution in [0.1, 0.15) is 49.7 Å². The molecular formula is C31H33Cl3N2O3. The van der Waals surface area contributed by atoms with E-state index in [0.717, 1.165) is 36.8 Å². The summed E-state index contributed by atoms with van der Waals surface area (Å²) in [4.78, 5) is 29.1. The zero-order valence-electron chi connectivity index (χ0n) is 21.8. The molecule has 0 saturated heterocycles. The molecule has 0 spiro atoms. The first-order valence-electron chi connectivity index (χ1n) is 13.3. The molecule has 5 nitrogen and oxygen atoms in total. The quantitative estimate of drug-likeness (QED) is 0.223. The van der Waals surface area contributed by atoms with Crippen LogP contribution >= 0.6 is 34.8 Å². The van der Waals surface area contributed by atoms with E-state index in [1.165, 1.54) is 0 Å². The van der Waals surface area contributed by atoms with Crippen molar-refractivity contribution in [2.75, 3.05) is 6.61 Å². The lowest BCUT2D eigenvalue weighted by molar-refractivity contribution is -0.141. The minimum absolute atomic E-state index is 0.122. The van der Waals surface area contributed by atoms with E-state index in [9.17, 15) is 9.59 Å². The summed E-state index contributed by atoms with van der Waals surface area (Å²) < 4.78 is 5.79. The summed E-state index contributed by atoms with van der Waals surface area (Å²) in [6, 6.07) is 21.7. The normalized spacial score (nSPS) is 14.1. The first kappa shape index (κ1) is 29.3. The molecule has 0 aliphatic heterocycles. The molecule has 0 radical (unpaired) electrons. The topological polar surface area (TPSA) is 58.6 Å². The molecule has 206 valence electrons. The fourth-order valence-electron chi connectivity index (χ4n) is 4.84. The van der Waals surface area contributed by atoms with Gasteiger partial charge < -0.3 is 15.0 Å². The van der Waals surface area contributed by atoms with Crippen LogP contribution in [0.15, 0.2) is 72.8 Å². The molecule has 1 fully saturated rings. The van der Waals surface area contributed by atoms with Gasteiger partial charge >= 0.3 is 0 Å². The Morgan fingerprint density at radius 2 is 1.62 bits per heavy atom. The number of nitrogens with one attached hydrogen (secondary N) is 1. The second kappa shape index (κ2) is 14.6.